The summed E-state index contributed by atoms with van der Waals surface area (Å²) in [5, 5.41) is 9.24. The van der Waals surface area contributed by atoms with Crippen LogP contribution in [-0.4, -0.2) is 41.4 Å². The van der Waals surface area contributed by atoms with Gasteiger partial charge in [0.15, 0.2) is 0 Å². The molecule has 0 bridgehead atoms. The Morgan fingerprint density at radius 3 is 2.83 bits per heavy atom. The Balaban J connectivity index is 2.46. The predicted octanol–water partition coefficient (Wildman–Crippen LogP) is 0.598. The molecule has 1 rings (SSSR count). The molecule has 0 aromatic rings. The van der Waals surface area contributed by atoms with Gasteiger partial charge >= 0.3 is 6.09 Å². The average molecular weight is 173 g/mol. The molecule has 1 aliphatic heterocycles. The van der Waals surface area contributed by atoms with E-state index in [9.17, 15) is 9.90 Å². The molecule has 12 heavy (non-hydrogen) atoms. The van der Waals surface area contributed by atoms with Gasteiger partial charge in [-0.25, -0.2) is 4.79 Å². The van der Waals surface area contributed by atoms with E-state index < -0.39 is 0 Å². The standard InChI is InChI=1S/C8H15NO3/c1-3-12-8(11)9-5-7(10)4-6(9)2/h6-7,10H,3-5H2,1-2H3/t6-,7+/m0/s1. The highest BCUT2D eigenvalue weighted by atomic mass is 16.6. The number of carbonyl (C=O) groups is 1. The summed E-state index contributed by atoms with van der Waals surface area (Å²) < 4.78 is 4.82. The number of aliphatic hydroxyl groups is 1. The van der Waals surface area contributed by atoms with E-state index >= 15 is 0 Å². The lowest BCUT2D eigenvalue weighted by molar-refractivity contribution is 0.0996. The molecule has 70 valence electrons. The van der Waals surface area contributed by atoms with Crippen LogP contribution in [0.15, 0.2) is 0 Å². The van der Waals surface area contributed by atoms with Crippen LogP contribution >= 0.6 is 0 Å². The average Bonchev–Trinajstić information content (AvgIpc) is 2.30. The van der Waals surface area contributed by atoms with Crippen LogP contribution in [-0.2, 0) is 4.74 Å². The Morgan fingerprint density at radius 1 is 1.75 bits per heavy atom. The maximum atomic E-state index is 11.2. The number of nitrogens with zero attached hydrogens (tertiary/aromatic N) is 1. The zero-order valence-electron chi connectivity index (χ0n) is 7.49. The van der Waals surface area contributed by atoms with Crippen LogP contribution in [0.1, 0.15) is 20.3 Å². The van der Waals surface area contributed by atoms with Crippen LogP contribution in [0.4, 0.5) is 4.79 Å². The van der Waals surface area contributed by atoms with E-state index in [4.69, 9.17) is 4.74 Å². The van der Waals surface area contributed by atoms with Crippen LogP contribution in [0.3, 0.4) is 0 Å². The first-order valence-electron chi connectivity index (χ1n) is 4.26. The van der Waals surface area contributed by atoms with Gasteiger partial charge in [0.25, 0.3) is 0 Å². The largest absolute Gasteiger partial charge is 0.450 e. The first kappa shape index (κ1) is 9.32. The molecular weight excluding hydrogens is 158 g/mol. The lowest BCUT2D eigenvalue weighted by Gasteiger charge is -2.19. The van der Waals surface area contributed by atoms with Crippen molar-refractivity contribution in [2.24, 2.45) is 0 Å². The van der Waals surface area contributed by atoms with Gasteiger partial charge in [-0.05, 0) is 20.3 Å². The summed E-state index contributed by atoms with van der Waals surface area (Å²) in [4.78, 5) is 12.8. The fraction of sp³-hybridized carbons (Fsp3) is 0.875. The number of β-amino-alcohol motifs (C(OH)–C–C–N with tert-alkyl or cyclic N) is 1. The van der Waals surface area contributed by atoms with Gasteiger partial charge < -0.3 is 14.7 Å². The molecule has 4 nitrogen and oxygen atoms in total. The molecule has 1 aliphatic rings. The second kappa shape index (κ2) is 3.76. The van der Waals surface area contributed by atoms with Crippen LogP contribution in [0.25, 0.3) is 0 Å². The van der Waals surface area contributed by atoms with Crippen LogP contribution < -0.4 is 0 Å². The monoisotopic (exact) mass is 173 g/mol. The third kappa shape index (κ3) is 1.88. The minimum absolute atomic E-state index is 0.0963. The number of aliphatic hydroxyl groups excluding tert-OH is 1. The van der Waals surface area contributed by atoms with Gasteiger partial charge in [0.2, 0.25) is 0 Å². The van der Waals surface area contributed by atoms with Gasteiger partial charge in [-0.2, -0.15) is 0 Å². The summed E-state index contributed by atoms with van der Waals surface area (Å²) in [7, 11) is 0. The molecule has 0 aromatic carbocycles. The van der Waals surface area contributed by atoms with E-state index in [0.29, 0.717) is 19.6 Å². The summed E-state index contributed by atoms with van der Waals surface area (Å²) >= 11 is 0. The second-order valence-corrected chi connectivity index (χ2v) is 3.09. The summed E-state index contributed by atoms with van der Waals surface area (Å²) in [5.41, 5.74) is 0. The lowest BCUT2D eigenvalue weighted by Crippen LogP contribution is -2.34. The quantitative estimate of drug-likeness (QED) is 0.631. The fourth-order valence-electron chi connectivity index (χ4n) is 1.46. The Hall–Kier alpha value is -0.770. The number of amides is 1. The highest BCUT2D eigenvalue weighted by Gasteiger charge is 2.31. The molecule has 1 saturated heterocycles. The van der Waals surface area contributed by atoms with Crippen molar-refractivity contribution < 1.29 is 14.6 Å². The van der Waals surface area contributed by atoms with E-state index in [2.05, 4.69) is 0 Å². The molecule has 0 saturated carbocycles. The summed E-state index contributed by atoms with van der Waals surface area (Å²) in [6, 6.07) is 0.0963. The van der Waals surface area contributed by atoms with E-state index in [0.717, 1.165) is 0 Å². The first-order chi connectivity index (χ1) is 5.65. The molecule has 0 spiro atoms. The molecule has 2 atom stereocenters. The molecule has 0 unspecified atom stereocenters. The van der Waals surface area contributed by atoms with Crippen molar-refractivity contribution in [2.75, 3.05) is 13.2 Å². The van der Waals surface area contributed by atoms with Crippen molar-refractivity contribution in [1.82, 2.24) is 4.90 Å². The Labute approximate surface area is 72.1 Å². The topological polar surface area (TPSA) is 49.8 Å². The van der Waals surface area contributed by atoms with Crippen molar-refractivity contribution in [1.29, 1.82) is 0 Å². The maximum Gasteiger partial charge on any atom is 0.410 e. The molecule has 1 N–H and O–H groups in total. The van der Waals surface area contributed by atoms with Gasteiger partial charge in [-0.3, -0.25) is 0 Å². The minimum Gasteiger partial charge on any atom is -0.450 e. The Morgan fingerprint density at radius 2 is 2.42 bits per heavy atom. The van der Waals surface area contributed by atoms with E-state index in [1.54, 1.807) is 11.8 Å². The molecular formula is C8H15NO3. The number of hydrogen-bond acceptors (Lipinski definition) is 3. The normalized spacial score (nSPS) is 29.1. The number of ether oxygens (including phenoxy) is 1. The van der Waals surface area contributed by atoms with Crippen LogP contribution in [0.2, 0.25) is 0 Å². The number of likely N-dealkylation sites (tertiary alicyclic amines) is 1. The summed E-state index contributed by atoms with van der Waals surface area (Å²) in [6.45, 7) is 4.47. The first-order valence-corrected chi connectivity index (χ1v) is 4.26. The minimum atomic E-state index is -0.385. The van der Waals surface area contributed by atoms with Crippen molar-refractivity contribution in [2.45, 2.75) is 32.4 Å². The fourth-order valence-corrected chi connectivity index (χ4v) is 1.46. The van der Waals surface area contributed by atoms with Crippen LogP contribution in [0.5, 0.6) is 0 Å². The molecule has 0 aromatic heterocycles. The molecule has 1 amide bonds. The molecule has 0 aliphatic carbocycles. The number of hydrogen-bond donors (Lipinski definition) is 1. The number of rotatable bonds is 1. The van der Waals surface area contributed by atoms with Crippen molar-refractivity contribution >= 4 is 6.09 Å². The van der Waals surface area contributed by atoms with Gasteiger partial charge in [0.05, 0.1) is 19.3 Å². The van der Waals surface area contributed by atoms with Crippen molar-refractivity contribution in [3.05, 3.63) is 0 Å². The van der Waals surface area contributed by atoms with Gasteiger partial charge in [-0.1, -0.05) is 0 Å². The van der Waals surface area contributed by atoms with E-state index in [-0.39, 0.29) is 18.2 Å². The van der Waals surface area contributed by atoms with Gasteiger partial charge in [0, 0.05) is 6.04 Å². The molecule has 4 heteroatoms. The maximum absolute atomic E-state index is 11.2. The third-order valence-electron chi connectivity index (χ3n) is 2.06. The highest BCUT2D eigenvalue weighted by Crippen LogP contribution is 2.17. The zero-order chi connectivity index (χ0) is 9.14. The lowest BCUT2D eigenvalue weighted by atomic mass is 10.2. The van der Waals surface area contributed by atoms with Gasteiger partial charge in [-0.15, -0.1) is 0 Å². The predicted molar refractivity (Wildman–Crippen MR) is 43.8 cm³/mol. The number of carbonyl (C=O) groups excluding carboxylic acids is 1. The van der Waals surface area contributed by atoms with Crippen molar-refractivity contribution in [3.8, 4) is 0 Å². The second-order valence-electron chi connectivity index (χ2n) is 3.09. The molecule has 1 heterocycles. The third-order valence-corrected chi connectivity index (χ3v) is 2.06. The smallest absolute Gasteiger partial charge is 0.410 e. The van der Waals surface area contributed by atoms with Crippen molar-refractivity contribution in [3.63, 3.8) is 0 Å². The van der Waals surface area contributed by atoms with E-state index in [1.807, 2.05) is 6.92 Å². The molecule has 1 fully saturated rings. The van der Waals surface area contributed by atoms with Gasteiger partial charge in [0.1, 0.15) is 0 Å². The Kier molecular flexibility index (Phi) is 2.92. The van der Waals surface area contributed by atoms with Crippen LogP contribution in [0, 0.1) is 0 Å². The molecule has 0 radical (unpaired) electrons. The summed E-state index contributed by atoms with van der Waals surface area (Å²) in [6.07, 6.45) is -0.0512. The summed E-state index contributed by atoms with van der Waals surface area (Å²) in [5.74, 6) is 0. The highest BCUT2D eigenvalue weighted by molar-refractivity contribution is 5.68. The SMILES string of the molecule is CCOC(=O)N1C[C@H](O)C[C@@H]1C. The zero-order valence-corrected chi connectivity index (χ0v) is 7.49. The Bertz CT molecular complexity index is 172. The van der Waals surface area contributed by atoms with E-state index in [1.165, 1.54) is 0 Å².